The van der Waals surface area contributed by atoms with Crippen LogP contribution in [0.1, 0.15) is 0 Å². The minimum Gasteiger partial charge on any atom is -0.244 e. The maximum Gasteiger partial charge on any atom is 0.123 e. The van der Waals surface area contributed by atoms with Gasteiger partial charge in [-0.25, -0.2) is 9.37 Å². The number of benzene rings is 3. The van der Waals surface area contributed by atoms with Crippen LogP contribution >= 0.6 is 11.3 Å². The highest BCUT2D eigenvalue weighted by Gasteiger charge is 2.10. The molecule has 0 saturated carbocycles. The lowest BCUT2D eigenvalue weighted by Gasteiger charge is -2.05. The van der Waals surface area contributed by atoms with E-state index in [1.807, 2.05) is 29.8 Å². The topological polar surface area (TPSA) is 12.9 Å². The minimum atomic E-state index is -0.206. The molecule has 0 aliphatic heterocycles. The van der Waals surface area contributed by atoms with E-state index in [1.165, 1.54) is 10.8 Å². The average Bonchev–Trinajstić information content (AvgIpc) is 2.88. The summed E-state index contributed by atoms with van der Waals surface area (Å²) in [5, 5.41) is 4.19. The fourth-order valence-electron chi connectivity index (χ4n) is 2.49. The molecule has 4 aromatic rings. The zero-order valence-electron chi connectivity index (χ0n) is 9.35. The van der Waals surface area contributed by atoms with Gasteiger partial charge in [-0.1, -0.05) is 24.3 Å². The van der Waals surface area contributed by atoms with Crippen LogP contribution in [0.5, 0.6) is 0 Å². The van der Waals surface area contributed by atoms with Crippen molar-refractivity contribution in [3.8, 4) is 0 Å². The first kappa shape index (κ1) is 9.97. The van der Waals surface area contributed by atoms with Crippen LogP contribution in [0.2, 0.25) is 0 Å². The van der Waals surface area contributed by atoms with E-state index in [4.69, 9.17) is 0 Å². The first-order valence-corrected chi connectivity index (χ1v) is 6.56. The number of aromatic nitrogens is 1. The molecule has 0 spiro atoms. The van der Waals surface area contributed by atoms with Crippen molar-refractivity contribution in [2.24, 2.45) is 0 Å². The fourth-order valence-corrected chi connectivity index (χ4v) is 3.33. The summed E-state index contributed by atoms with van der Waals surface area (Å²) in [7, 11) is 0. The molecule has 4 rings (SSSR count). The smallest absolute Gasteiger partial charge is 0.123 e. The number of nitrogens with zero attached hydrogens (tertiary/aromatic N) is 1. The third-order valence-corrected chi connectivity index (χ3v) is 4.13. The summed E-state index contributed by atoms with van der Waals surface area (Å²) in [6.07, 6.45) is 0. The Bertz CT molecular complexity index is 895. The third kappa shape index (κ3) is 1.22. The maximum atomic E-state index is 13.5. The van der Waals surface area contributed by atoms with Gasteiger partial charge in [-0.05, 0) is 29.0 Å². The Morgan fingerprint density at radius 1 is 0.889 bits per heavy atom. The van der Waals surface area contributed by atoms with Crippen LogP contribution in [0.4, 0.5) is 4.39 Å². The highest BCUT2D eigenvalue weighted by molar-refractivity contribution is 7.18. The van der Waals surface area contributed by atoms with Crippen molar-refractivity contribution < 1.29 is 4.39 Å². The molecule has 0 atom stereocenters. The normalized spacial score (nSPS) is 11.6. The second-order valence-corrected chi connectivity index (χ2v) is 5.12. The molecule has 3 heteroatoms. The molecule has 3 aromatic carbocycles. The molecule has 0 saturated heterocycles. The summed E-state index contributed by atoms with van der Waals surface area (Å²) in [6.45, 7) is 0. The van der Waals surface area contributed by atoms with E-state index in [9.17, 15) is 4.39 Å². The van der Waals surface area contributed by atoms with E-state index in [1.54, 1.807) is 17.4 Å². The summed E-state index contributed by atoms with van der Waals surface area (Å²) in [5.41, 5.74) is 2.81. The molecule has 18 heavy (non-hydrogen) atoms. The third-order valence-electron chi connectivity index (χ3n) is 3.27. The van der Waals surface area contributed by atoms with Crippen molar-refractivity contribution in [2.45, 2.75) is 0 Å². The molecule has 1 nitrogen and oxygen atoms in total. The summed E-state index contributed by atoms with van der Waals surface area (Å²) < 4.78 is 14.6. The predicted molar refractivity (Wildman–Crippen MR) is 74.6 cm³/mol. The van der Waals surface area contributed by atoms with Gasteiger partial charge in [-0.2, -0.15) is 0 Å². The second-order valence-electron chi connectivity index (χ2n) is 4.27. The van der Waals surface area contributed by atoms with Crippen molar-refractivity contribution in [2.75, 3.05) is 0 Å². The molecular formula is C15H8FNS. The van der Waals surface area contributed by atoms with Gasteiger partial charge in [0.05, 0.1) is 15.7 Å². The van der Waals surface area contributed by atoms with Crippen LogP contribution in [-0.4, -0.2) is 4.98 Å². The van der Waals surface area contributed by atoms with Gasteiger partial charge in [-0.15, -0.1) is 11.3 Å². The number of hydrogen-bond donors (Lipinski definition) is 0. The molecule has 0 aliphatic carbocycles. The largest absolute Gasteiger partial charge is 0.244 e. The Labute approximate surface area is 107 Å². The Morgan fingerprint density at radius 3 is 2.61 bits per heavy atom. The van der Waals surface area contributed by atoms with E-state index in [-0.39, 0.29) is 5.82 Å². The molecular weight excluding hydrogens is 245 g/mol. The average molecular weight is 253 g/mol. The molecule has 0 fully saturated rings. The summed E-state index contributed by atoms with van der Waals surface area (Å²) in [4.78, 5) is 4.42. The number of thiazole rings is 1. The van der Waals surface area contributed by atoms with E-state index in [0.29, 0.717) is 0 Å². The standard InChI is InChI=1S/C15H8FNS/c16-9-5-6-11-13(7-9)10-3-1-2-4-12(10)15-14(11)17-8-18-15/h1-8H. The zero-order chi connectivity index (χ0) is 12.1. The minimum absolute atomic E-state index is 0.206. The zero-order valence-corrected chi connectivity index (χ0v) is 10.2. The van der Waals surface area contributed by atoms with Gasteiger partial charge in [-0.3, -0.25) is 0 Å². The van der Waals surface area contributed by atoms with Crippen LogP contribution < -0.4 is 0 Å². The summed E-state index contributed by atoms with van der Waals surface area (Å²) in [5.74, 6) is -0.206. The molecule has 0 aliphatic rings. The Kier molecular flexibility index (Phi) is 1.94. The number of halogens is 1. The Hall–Kier alpha value is -2.00. The highest BCUT2D eigenvalue weighted by atomic mass is 32.1. The molecule has 0 bridgehead atoms. The molecule has 0 amide bonds. The Morgan fingerprint density at radius 2 is 1.72 bits per heavy atom. The lowest BCUT2D eigenvalue weighted by molar-refractivity contribution is 0.630. The van der Waals surface area contributed by atoms with E-state index < -0.39 is 0 Å². The van der Waals surface area contributed by atoms with E-state index in [2.05, 4.69) is 11.1 Å². The molecule has 86 valence electrons. The van der Waals surface area contributed by atoms with Crippen LogP contribution in [0.15, 0.2) is 48.0 Å². The van der Waals surface area contributed by atoms with E-state index >= 15 is 0 Å². The highest BCUT2D eigenvalue weighted by Crippen LogP contribution is 2.36. The van der Waals surface area contributed by atoms with Crippen molar-refractivity contribution >= 4 is 43.1 Å². The fraction of sp³-hybridized carbons (Fsp3) is 0. The van der Waals surface area contributed by atoms with Crippen molar-refractivity contribution in [3.05, 3.63) is 53.8 Å². The lowest BCUT2D eigenvalue weighted by atomic mass is 10.0. The molecule has 0 N–H and O–H groups in total. The quantitative estimate of drug-likeness (QED) is 0.412. The number of rotatable bonds is 0. The molecule has 1 heterocycles. The van der Waals surface area contributed by atoms with Crippen molar-refractivity contribution in [1.29, 1.82) is 0 Å². The van der Waals surface area contributed by atoms with Gasteiger partial charge >= 0.3 is 0 Å². The first-order valence-electron chi connectivity index (χ1n) is 5.68. The van der Waals surface area contributed by atoms with Gasteiger partial charge in [0.1, 0.15) is 5.82 Å². The Balaban J connectivity index is 2.44. The number of fused-ring (bicyclic) bond motifs is 6. The maximum absolute atomic E-state index is 13.5. The van der Waals surface area contributed by atoms with Gasteiger partial charge in [0.25, 0.3) is 0 Å². The van der Waals surface area contributed by atoms with Gasteiger partial charge in [0, 0.05) is 10.8 Å². The van der Waals surface area contributed by atoms with Crippen molar-refractivity contribution in [3.63, 3.8) is 0 Å². The SMILES string of the molecule is Fc1ccc2c(c1)c1ccccc1c1scnc21. The van der Waals surface area contributed by atoms with Crippen LogP contribution in [0, 0.1) is 5.82 Å². The van der Waals surface area contributed by atoms with Crippen molar-refractivity contribution in [1.82, 2.24) is 4.98 Å². The molecule has 1 aromatic heterocycles. The molecule has 0 radical (unpaired) electrons. The summed E-state index contributed by atoms with van der Waals surface area (Å²) in [6, 6.07) is 13.0. The monoisotopic (exact) mass is 253 g/mol. The van der Waals surface area contributed by atoms with Crippen LogP contribution in [0.3, 0.4) is 0 Å². The molecule has 0 unspecified atom stereocenters. The van der Waals surface area contributed by atoms with Crippen LogP contribution in [-0.2, 0) is 0 Å². The predicted octanol–water partition coefficient (Wildman–Crippen LogP) is 4.74. The van der Waals surface area contributed by atoms with Gasteiger partial charge < -0.3 is 0 Å². The second kappa shape index (κ2) is 3.50. The van der Waals surface area contributed by atoms with E-state index in [0.717, 1.165) is 27.1 Å². The van der Waals surface area contributed by atoms with Gasteiger partial charge in [0.2, 0.25) is 0 Å². The summed E-state index contributed by atoms with van der Waals surface area (Å²) >= 11 is 1.63. The van der Waals surface area contributed by atoms with Crippen LogP contribution in [0.25, 0.3) is 31.8 Å². The first-order chi connectivity index (χ1) is 8.84. The van der Waals surface area contributed by atoms with Gasteiger partial charge in [0.15, 0.2) is 0 Å². The lowest BCUT2D eigenvalue weighted by Crippen LogP contribution is -1.82. The number of hydrogen-bond acceptors (Lipinski definition) is 2.